The van der Waals surface area contributed by atoms with Gasteiger partial charge in [-0.15, -0.1) is 0 Å². The predicted octanol–water partition coefficient (Wildman–Crippen LogP) is 1.34. The number of hydrogen-bond donors (Lipinski definition) is 1. The fourth-order valence-electron chi connectivity index (χ4n) is 1.40. The molecule has 0 radical (unpaired) electrons. The fraction of sp³-hybridized carbons (Fsp3) is 0.417. The van der Waals surface area contributed by atoms with Gasteiger partial charge in [0.05, 0.1) is 11.3 Å². The molecule has 0 fully saturated rings. The fourth-order valence-corrected chi connectivity index (χ4v) is 2.77. The molecule has 0 bridgehead atoms. The number of aliphatic carboxylic acids is 1. The van der Waals surface area contributed by atoms with Crippen molar-refractivity contribution in [3.05, 3.63) is 29.8 Å². The van der Waals surface area contributed by atoms with Crippen molar-refractivity contribution >= 4 is 16.0 Å². The highest BCUT2D eigenvalue weighted by Gasteiger charge is 2.22. The molecule has 1 N–H and O–H groups in total. The molecule has 1 aromatic carbocycles. The van der Waals surface area contributed by atoms with Gasteiger partial charge in [0.25, 0.3) is 0 Å². The summed E-state index contributed by atoms with van der Waals surface area (Å²) < 4.78 is 25.5. The molecule has 6 heteroatoms. The number of benzene rings is 1. The van der Waals surface area contributed by atoms with Crippen molar-refractivity contribution in [2.75, 3.05) is 7.05 Å². The van der Waals surface area contributed by atoms with Crippen molar-refractivity contribution in [1.82, 2.24) is 4.31 Å². The first-order valence-electron chi connectivity index (χ1n) is 5.54. The maximum absolute atomic E-state index is 12.1. The van der Waals surface area contributed by atoms with E-state index in [1.54, 1.807) is 13.8 Å². The van der Waals surface area contributed by atoms with Crippen LogP contribution in [0.3, 0.4) is 0 Å². The van der Waals surface area contributed by atoms with Crippen LogP contribution in [0.15, 0.2) is 29.2 Å². The standard InChI is InChI=1S/C12H17NO4S/c1-9(2)13(3)18(16,17)11-6-4-10(5-7-11)8-12(14)15/h4-7,9H,8H2,1-3H3,(H,14,15). The lowest BCUT2D eigenvalue weighted by atomic mass is 10.2. The average molecular weight is 271 g/mol. The van der Waals surface area contributed by atoms with Gasteiger partial charge in [-0.05, 0) is 31.5 Å². The monoisotopic (exact) mass is 271 g/mol. The van der Waals surface area contributed by atoms with Gasteiger partial charge in [0.15, 0.2) is 0 Å². The van der Waals surface area contributed by atoms with Crippen LogP contribution in [0.4, 0.5) is 0 Å². The molecular weight excluding hydrogens is 254 g/mol. The van der Waals surface area contributed by atoms with Gasteiger partial charge in [-0.1, -0.05) is 12.1 Å². The molecule has 1 rings (SSSR count). The van der Waals surface area contributed by atoms with Gasteiger partial charge in [-0.3, -0.25) is 4.79 Å². The molecule has 0 spiro atoms. The lowest BCUT2D eigenvalue weighted by molar-refractivity contribution is -0.136. The van der Waals surface area contributed by atoms with Crippen molar-refractivity contribution in [3.8, 4) is 0 Å². The van der Waals surface area contributed by atoms with Crippen molar-refractivity contribution < 1.29 is 18.3 Å². The van der Waals surface area contributed by atoms with Crippen LogP contribution in [-0.4, -0.2) is 36.9 Å². The first-order chi connectivity index (χ1) is 8.25. The third-order valence-electron chi connectivity index (χ3n) is 2.68. The molecule has 0 aliphatic rings. The SMILES string of the molecule is CC(C)N(C)S(=O)(=O)c1ccc(CC(=O)O)cc1. The van der Waals surface area contributed by atoms with E-state index in [1.165, 1.54) is 35.6 Å². The molecule has 0 saturated carbocycles. The Hall–Kier alpha value is -1.40. The van der Waals surface area contributed by atoms with E-state index >= 15 is 0 Å². The number of carboxylic acid groups (broad SMARTS) is 1. The highest BCUT2D eigenvalue weighted by Crippen LogP contribution is 2.17. The van der Waals surface area contributed by atoms with Gasteiger partial charge in [0.2, 0.25) is 10.0 Å². The van der Waals surface area contributed by atoms with E-state index in [1.807, 2.05) is 0 Å². The van der Waals surface area contributed by atoms with E-state index in [-0.39, 0.29) is 17.4 Å². The first-order valence-corrected chi connectivity index (χ1v) is 6.98. The third-order valence-corrected chi connectivity index (χ3v) is 4.73. The Morgan fingerprint density at radius 1 is 1.28 bits per heavy atom. The normalized spacial score (nSPS) is 12.1. The number of carboxylic acids is 1. The zero-order valence-electron chi connectivity index (χ0n) is 10.6. The minimum atomic E-state index is -3.50. The van der Waals surface area contributed by atoms with Gasteiger partial charge in [0.1, 0.15) is 0 Å². The zero-order valence-corrected chi connectivity index (χ0v) is 11.4. The summed E-state index contributed by atoms with van der Waals surface area (Å²) in [6, 6.07) is 5.79. The van der Waals surface area contributed by atoms with Crippen LogP contribution < -0.4 is 0 Å². The van der Waals surface area contributed by atoms with Crippen molar-refractivity contribution in [2.45, 2.75) is 31.2 Å². The topological polar surface area (TPSA) is 74.7 Å². The number of sulfonamides is 1. The number of nitrogens with zero attached hydrogens (tertiary/aromatic N) is 1. The summed E-state index contributed by atoms with van der Waals surface area (Å²) in [7, 11) is -1.98. The summed E-state index contributed by atoms with van der Waals surface area (Å²) >= 11 is 0. The number of hydrogen-bond acceptors (Lipinski definition) is 3. The summed E-state index contributed by atoms with van der Waals surface area (Å²) in [6.07, 6.45) is -0.111. The molecule has 0 aliphatic carbocycles. The molecule has 18 heavy (non-hydrogen) atoms. The van der Waals surface area contributed by atoms with E-state index in [0.717, 1.165) is 0 Å². The summed E-state index contributed by atoms with van der Waals surface area (Å²) in [5, 5.41) is 8.63. The van der Waals surface area contributed by atoms with E-state index in [4.69, 9.17) is 5.11 Å². The second kappa shape index (κ2) is 5.49. The quantitative estimate of drug-likeness (QED) is 0.877. The van der Waals surface area contributed by atoms with Crippen molar-refractivity contribution in [2.24, 2.45) is 0 Å². The van der Waals surface area contributed by atoms with Gasteiger partial charge in [0, 0.05) is 13.1 Å². The van der Waals surface area contributed by atoms with E-state index < -0.39 is 16.0 Å². The van der Waals surface area contributed by atoms with Gasteiger partial charge in [-0.2, -0.15) is 4.31 Å². The number of rotatable bonds is 5. The average Bonchev–Trinajstić information content (AvgIpc) is 2.27. The Morgan fingerprint density at radius 3 is 2.17 bits per heavy atom. The summed E-state index contributed by atoms with van der Waals surface area (Å²) in [5.74, 6) is -0.940. The van der Waals surface area contributed by atoms with Crippen LogP contribution in [0, 0.1) is 0 Å². The van der Waals surface area contributed by atoms with Gasteiger partial charge >= 0.3 is 5.97 Å². The molecule has 5 nitrogen and oxygen atoms in total. The van der Waals surface area contributed by atoms with Crippen LogP contribution in [0.5, 0.6) is 0 Å². The Bertz CT molecular complexity index is 520. The Morgan fingerprint density at radius 2 is 1.78 bits per heavy atom. The molecule has 0 saturated heterocycles. The maximum atomic E-state index is 12.1. The predicted molar refractivity (Wildman–Crippen MR) is 67.9 cm³/mol. The molecule has 0 amide bonds. The summed E-state index contributed by atoms with van der Waals surface area (Å²) in [6.45, 7) is 3.58. The van der Waals surface area contributed by atoms with E-state index in [9.17, 15) is 13.2 Å². The first kappa shape index (κ1) is 14.7. The lowest BCUT2D eigenvalue weighted by Crippen LogP contribution is -2.33. The minimum absolute atomic E-state index is 0.111. The summed E-state index contributed by atoms with van der Waals surface area (Å²) in [4.78, 5) is 10.7. The molecule has 0 unspecified atom stereocenters. The third kappa shape index (κ3) is 3.30. The van der Waals surface area contributed by atoms with Crippen LogP contribution in [0.1, 0.15) is 19.4 Å². The van der Waals surface area contributed by atoms with Crippen LogP contribution in [0.2, 0.25) is 0 Å². The Labute approximate surface area is 107 Å². The van der Waals surface area contributed by atoms with Crippen LogP contribution >= 0.6 is 0 Å². The second-order valence-corrected chi connectivity index (χ2v) is 6.33. The van der Waals surface area contributed by atoms with Crippen LogP contribution in [0.25, 0.3) is 0 Å². The van der Waals surface area contributed by atoms with Gasteiger partial charge < -0.3 is 5.11 Å². The molecule has 0 aliphatic heterocycles. The van der Waals surface area contributed by atoms with Crippen molar-refractivity contribution in [3.63, 3.8) is 0 Å². The van der Waals surface area contributed by atoms with E-state index in [0.29, 0.717) is 5.56 Å². The molecular formula is C12H17NO4S. The molecule has 100 valence electrons. The second-order valence-electron chi connectivity index (χ2n) is 4.33. The molecule has 1 aromatic rings. The van der Waals surface area contributed by atoms with Gasteiger partial charge in [-0.25, -0.2) is 8.42 Å². The summed E-state index contributed by atoms with van der Waals surface area (Å²) in [5.41, 5.74) is 0.577. The Kier molecular flexibility index (Phi) is 4.48. The maximum Gasteiger partial charge on any atom is 0.307 e. The number of carbonyl (C=O) groups is 1. The molecule has 0 aromatic heterocycles. The highest BCUT2D eigenvalue weighted by atomic mass is 32.2. The van der Waals surface area contributed by atoms with Crippen molar-refractivity contribution in [1.29, 1.82) is 0 Å². The molecule has 0 atom stereocenters. The van der Waals surface area contributed by atoms with Crippen LogP contribution in [-0.2, 0) is 21.2 Å². The highest BCUT2D eigenvalue weighted by molar-refractivity contribution is 7.89. The largest absolute Gasteiger partial charge is 0.481 e. The smallest absolute Gasteiger partial charge is 0.307 e. The Balaban J connectivity index is 3.01. The lowest BCUT2D eigenvalue weighted by Gasteiger charge is -2.20. The van der Waals surface area contributed by atoms with E-state index in [2.05, 4.69) is 0 Å². The zero-order chi connectivity index (χ0) is 13.9. The molecule has 0 heterocycles. The minimum Gasteiger partial charge on any atom is -0.481 e.